The zero-order valence-corrected chi connectivity index (χ0v) is 12.2. The second kappa shape index (κ2) is 8.27. The Morgan fingerprint density at radius 1 is 1.44 bits per heavy atom. The highest BCUT2D eigenvalue weighted by Gasteiger charge is 2.05. The van der Waals surface area contributed by atoms with E-state index < -0.39 is 0 Å². The normalized spacial score (nSPS) is 12.4. The Morgan fingerprint density at radius 3 is 2.83 bits per heavy atom. The molecule has 0 aliphatic heterocycles. The molecule has 0 radical (unpaired) electrons. The number of thioether (sulfide) groups is 1. The first-order valence-electron chi connectivity index (χ1n) is 6.34. The van der Waals surface area contributed by atoms with Crippen LogP contribution in [0.4, 0.5) is 0 Å². The number of rotatable bonds is 8. The molecular formula is C14H23NO2S. The fraction of sp³-hybridized carbons (Fsp3) is 0.571. The van der Waals surface area contributed by atoms with Crippen molar-refractivity contribution >= 4 is 11.8 Å². The lowest BCUT2D eigenvalue weighted by Crippen LogP contribution is -2.26. The molecule has 0 aromatic heterocycles. The molecule has 0 amide bonds. The first-order chi connectivity index (χ1) is 8.67. The van der Waals surface area contributed by atoms with Crippen molar-refractivity contribution in [2.24, 2.45) is 0 Å². The number of ether oxygens (including phenoxy) is 1. The van der Waals surface area contributed by atoms with E-state index in [-0.39, 0.29) is 5.75 Å². The van der Waals surface area contributed by atoms with Crippen molar-refractivity contribution in [2.45, 2.75) is 32.9 Å². The molecule has 1 aromatic rings. The van der Waals surface area contributed by atoms with Gasteiger partial charge in [0.05, 0.1) is 7.11 Å². The van der Waals surface area contributed by atoms with E-state index in [0.29, 0.717) is 18.3 Å². The standard InChI is InChI=1S/C14H23NO2S/c1-4-18-8-7-11(2)15-10-12-5-6-13(17-3)9-14(12)16/h5-6,9,11,15-16H,4,7-8,10H2,1-3H3. The van der Waals surface area contributed by atoms with Crippen LogP contribution in [0, 0.1) is 0 Å². The highest BCUT2D eigenvalue weighted by molar-refractivity contribution is 7.99. The lowest BCUT2D eigenvalue weighted by molar-refractivity contribution is 0.405. The van der Waals surface area contributed by atoms with Crippen LogP contribution in [0.2, 0.25) is 0 Å². The fourth-order valence-corrected chi connectivity index (χ4v) is 2.42. The van der Waals surface area contributed by atoms with Gasteiger partial charge in [-0.05, 0) is 30.9 Å². The van der Waals surface area contributed by atoms with E-state index >= 15 is 0 Å². The van der Waals surface area contributed by atoms with Crippen molar-refractivity contribution < 1.29 is 9.84 Å². The van der Waals surface area contributed by atoms with E-state index in [1.54, 1.807) is 13.2 Å². The molecule has 3 nitrogen and oxygen atoms in total. The van der Waals surface area contributed by atoms with Crippen LogP contribution in [0.25, 0.3) is 0 Å². The van der Waals surface area contributed by atoms with Gasteiger partial charge < -0.3 is 15.2 Å². The molecule has 0 saturated heterocycles. The second-order valence-electron chi connectivity index (χ2n) is 4.26. The van der Waals surface area contributed by atoms with E-state index in [9.17, 15) is 5.11 Å². The van der Waals surface area contributed by atoms with Gasteiger partial charge in [0.25, 0.3) is 0 Å². The summed E-state index contributed by atoms with van der Waals surface area (Å²) in [6.45, 7) is 5.04. The van der Waals surface area contributed by atoms with E-state index in [1.807, 2.05) is 23.9 Å². The van der Waals surface area contributed by atoms with Crippen LogP contribution in [-0.2, 0) is 6.54 Å². The summed E-state index contributed by atoms with van der Waals surface area (Å²) in [5.41, 5.74) is 0.908. The minimum absolute atomic E-state index is 0.289. The molecule has 0 saturated carbocycles. The summed E-state index contributed by atoms with van der Waals surface area (Å²) in [6, 6.07) is 5.88. The zero-order chi connectivity index (χ0) is 13.4. The molecule has 1 atom stereocenters. The van der Waals surface area contributed by atoms with Gasteiger partial charge in [-0.25, -0.2) is 0 Å². The molecule has 1 rings (SSSR count). The molecule has 0 aliphatic carbocycles. The van der Waals surface area contributed by atoms with Crippen molar-refractivity contribution in [1.82, 2.24) is 5.32 Å². The number of nitrogens with one attached hydrogen (secondary N) is 1. The van der Waals surface area contributed by atoms with Crippen LogP contribution in [0.1, 0.15) is 25.8 Å². The summed E-state index contributed by atoms with van der Waals surface area (Å²) >= 11 is 1.96. The first kappa shape index (κ1) is 15.2. The summed E-state index contributed by atoms with van der Waals surface area (Å²) in [4.78, 5) is 0. The SMILES string of the molecule is CCSCCC(C)NCc1ccc(OC)cc1O. The monoisotopic (exact) mass is 269 g/mol. The summed E-state index contributed by atoms with van der Waals surface area (Å²) < 4.78 is 5.06. The van der Waals surface area contributed by atoms with E-state index in [0.717, 1.165) is 12.0 Å². The van der Waals surface area contributed by atoms with Crippen molar-refractivity contribution in [2.75, 3.05) is 18.6 Å². The van der Waals surface area contributed by atoms with Crippen molar-refractivity contribution in [3.8, 4) is 11.5 Å². The molecule has 18 heavy (non-hydrogen) atoms. The summed E-state index contributed by atoms with van der Waals surface area (Å²) in [7, 11) is 1.60. The van der Waals surface area contributed by atoms with Crippen molar-refractivity contribution in [3.05, 3.63) is 23.8 Å². The Morgan fingerprint density at radius 2 is 2.22 bits per heavy atom. The summed E-state index contributed by atoms with van der Waals surface area (Å²) in [5.74, 6) is 3.33. The molecule has 0 bridgehead atoms. The average molecular weight is 269 g/mol. The van der Waals surface area contributed by atoms with Gasteiger partial charge in [0.15, 0.2) is 0 Å². The number of phenolic OH excluding ortho intramolecular Hbond substituents is 1. The molecule has 0 spiro atoms. The molecule has 1 unspecified atom stereocenters. The van der Waals surface area contributed by atoms with Gasteiger partial charge >= 0.3 is 0 Å². The molecule has 0 fully saturated rings. The summed E-state index contributed by atoms with van der Waals surface area (Å²) in [6.07, 6.45) is 1.15. The Kier molecular flexibility index (Phi) is 6.98. The molecule has 0 aliphatic rings. The number of methoxy groups -OCH3 is 1. The molecule has 2 N–H and O–H groups in total. The van der Waals surface area contributed by atoms with Crippen LogP contribution in [-0.4, -0.2) is 29.8 Å². The Labute approximate surface area is 114 Å². The van der Waals surface area contributed by atoms with Gasteiger partial charge in [-0.3, -0.25) is 0 Å². The third-order valence-corrected chi connectivity index (χ3v) is 3.77. The largest absolute Gasteiger partial charge is 0.507 e. The Hall–Kier alpha value is -0.870. The lowest BCUT2D eigenvalue weighted by Gasteiger charge is -2.14. The Balaban J connectivity index is 2.38. The molecule has 4 heteroatoms. The number of hydrogen-bond donors (Lipinski definition) is 2. The molecule has 102 valence electrons. The van der Waals surface area contributed by atoms with Crippen molar-refractivity contribution in [1.29, 1.82) is 0 Å². The van der Waals surface area contributed by atoms with Crippen molar-refractivity contribution in [3.63, 3.8) is 0 Å². The van der Waals surface area contributed by atoms with Crippen LogP contribution < -0.4 is 10.1 Å². The third-order valence-electron chi connectivity index (χ3n) is 2.83. The maximum absolute atomic E-state index is 9.83. The van der Waals surface area contributed by atoms with Crippen LogP contribution in [0.15, 0.2) is 18.2 Å². The van der Waals surface area contributed by atoms with Crippen LogP contribution >= 0.6 is 11.8 Å². The third kappa shape index (κ3) is 5.19. The maximum Gasteiger partial charge on any atom is 0.123 e. The summed E-state index contributed by atoms with van der Waals surface area (Å²) in [5, 5.41) is 13.2. The zero-order valence-electron chi connectivity index (χ0n) is 11.4. The maximum atomic E-state index is 9.83. The van der Waals surface area contributed by atoms with Gasteiger partial charge in [0.1, 0.15) is 11.5 Å². The molecule has 1 aromatic carbocycles. The highest BCUT2D eigenvalue weighted by atomic mass is 32.2. The van der Waals surface area contributed by atoms with Gasteiger partial charge in [-0.2, -0.15) is 11.8 Å². The smallest absolute Gasteiger partial charge is 0.123 e. The van der Waals surface area contributed by atoms with E-state index in [4.69, 9.17) is 4.74 Å². The number of hydrogen-bond acceptors (Lipinski definition) is 4. The number of benzene rings is 1. The van der Waals surface area contributed by atoms with Gasteiger partial charge in [0, 0.05) is 24.2 Å². The minimum atomic E-state index is 0.289. The van der Waals surface area contributed by atoms with Crippen LogP contribution in [0.5, 0.6) is 11.5 Å². The first-order valence-corrected chi connectivity index (χ1v) is 7.49. The highest BCUT2D eigenvalue weighted by Crippen LogP contribution is 2.23. The Bertz CT molecular complexity index is 358. The number of phenols is 1. The van der Waals surface area contributed by atoms with E-state index in [2.05, 4.69) is 19.2 Å². The van der Waals surface area contributed by atoms with Gasteiger partial charge in [0.2, 0.25) is 0 Å². The quantitative estimate of drug-likeness (QED) is 0.712. The van der Waals surface area contributed by atoms with Crippen LogP contribution in [0.3, 0.4) is 0 Å². The fourth-order valence-electron chi connectivity index (χ4n) is 1.61. The molecule has 0 heterocycles. The average Bonchev–Trinajstić information content (AvgIpc) is 2.37. The topological polar surface area (TPSA) is 41.5 Å². The van der Waals surface area contributed by atoms with E-state index in [1.165, 1.54) is 11.5 Å². The minimum Gasteiger partial charge on any atom is -0.507 e. The lowest BCUT2D eigenvalue weighted by atomic mass is 10.1. The second-order valence-corrected chi connectivity index (χ2v) is 5.66. The van der Waals surface area contributed by atoms with Gasteiger partial charge in [-0.15, -0.1) is 0 Å². The molecular weight excluding hydrogens is 246 g/mol. The predicted octanol–water partition coefficient (Wildman–Crippen LogP) is 3.02. The predicted molar refractivity (Wildman–Crippen MR) is 78.6 cm³/mol. The van der Waals surface area contributed by atoms with Gasteiger partial charge in [-0.1, -0.05) is 13.0 Å². The number of aromatic hydroxyl groups is 1.